The molecule has 14 heavy (non-hydrogen) atoms. The van der Waals surface area contributed by atoms with Crippen LogP contribution in [0.1, 0.15) is 20.3 Å². The molecule has 84 valence electrons. The molecule has 0 spiro atoms. The Kier molecular flexibility index (Phi) is 5.08. The van der Waals surface area contributed by atoms with Gasteiger partial charge in [-0.05, 0) is 20.3 Å². The Morgan fingerprint density at radius 1 is 1.43 bits per heavy atom. The second-order valence-corrected chi connectivity index (χ2v) is 7.95. The molecule has 0 aliphatic carbocycles. The van der Waals surface area contributed by atoms with Gasteiger partial charge < -0.3 is 5.32 Å². The quantitative estimate of drug-likeness (QED) is 0.598. The molecule has 0 heterocycles. The van der Waals surface area contributed by atoms with Crippen molar-refractivity contribution in [3.8, 4) is 0 Å². The molecule has 0 saturated heterocycles. The van der Waals surface area contributed by atoms with E-state index in [9.17, 15) is 13.2 Å². The number of alkyl halides is 1. The van der Waals surface area contributed by atoms with Crippen LogP contribution in [-0.2, 0) is 14.6 Å². The number of carbonyl (C=O) groups excluding carboxylic acids is 1. The minimum Gasteiger partial charge on any atom is -0.355 e. The van der Waals surface area contributed by atoms with Gasteiger partial charge in [0.1, 0.15) is 9.84 Å². The maximum atomic E-state index is 11.3. The van der Waals surface area contributed by atoms with E-state index in [1.165, 1.54) is 6.26 Å². The second kappa shape index (κ2) is 5.11. The van der Waals surface area contributed by atoms with Crippen LogP contribution < -0.4 is 5.32 Å². The summed E-state index contributed by atoms with van der Waals surface area (Å²) >= 11 is 3.21. The average Bonchev–Trinajstić information content (AvgIpc) is 1.93. The minimum atomic E-state index is -2.92. The van der Waals surface area contributed by atoms with Crippen LogP contribution in [0.15, 0.2) is 0 Å². The molecular weight excluding hydrogens is 270 g/mol. The highest BCUT2D eigenvalue weighted by Crippen LogP contribution is 2.14. The fraction of sp³-hybridized carbons (Fsp3) is 0.875. The Balaban J connectivity index is 3.72. The van der Waals surface area contributed by atoms with E-state index < -0.39 is 14.2 Å². The first-order valence-electron chi connectivity index (χ1n) is 4.28. The van der Waals surface area contributed by atoms with E-state index in [-0.39, 0.29) is 11.7 Å². The van der Waals surface area contributed by atoms with E-state index in [1.54, 1.807) is 13.8 Å². The molecular formula is C8H16BrNO3S. The van der Waals surface area contributed by atoms with Crippen LogP contribution in [0.5, 0.6) is 0 Å². The summed E-state index contributed by atoms with van der Waals surface area (Å²) in [6.07, 6.45) is 1.64. The summed E-state index contributed by atoms with van der Waals surface area (Å²) in [5.41, 5.74) is 0. The van der Waals surface area contributed by atoms with Gasteiger partial charge in [0.2, 0.25) is 5.91 Å². The van der Waals surface area contributed by atoms with E-state index in [0.29, 0.717) is 13.0 Å². The van der Waals surface area contributed by atoms with Crippen molar-refractivity contribution < 1.29 is 13.2 Å². The van der Waals surface area contributed by atoms with Gasteiger partial charge >= 0.3 is 0 Å². The van der Waals surface area contributed by atoms with Crippen molar-refractivity contribution in [2.75, 3.05) is 18.6 Å². The SMILES string of the molecule is CC(C)(Br)C(=O)NCCCS(C)(=O)=O. The summed E-state index contributed by atoms with van der Waals surface area (Å²) in [7, 11) is -2.92. The Morgan fingerprint density at radius 2 is 1.93 bits per heavy atom. The molecule has 4 nitrogen and oxygen atoms in total. The first-order valence-corrected chi connectivity index (χ1v) is 7.13. The van der Waals surface area contributed by atoms with Crippen LogP contribution in [0.2, 0.25) is 0 Å². The number of carbonyl (C=O) groups is 1. The van der Waals surface area contributed by atoms with Gasteiger partial charge in [-0.2, -0.15) is 0 Å². The largest absolute Gasteiger partial charge is 0.355 e. The number of sulfone groups is 1. The average molecular weight is 286 g/mol. The lowest BCUT2D eigenvalue weighted by Gasteiger charge is -2.15. The Hall–Kier alpha value is -0.100. The minimum absolute atomic E-state index is 0.107. The van der Waals surface area contributed by atoms with Crippen molar-refractivity contribution in [1.82, 2.24) is 5.32 Å². The molecule has 0 atom stereocenters. The van der Waals surface area contributed by atoms with Gasteiger partial charge in [0.05, 0.1) is 10.1 Å². The van der Waals surface area contributed by atoms with Crippen LogP contribution in [-0.4, -0.2) is 37.2 Å². The first-order chi connectivity index (χ1) is 6.13. The highest BCUT2D eigenvalue weighted by atomic mass is 79.9. The molecule has 0 unspecified atom stereocenters. The third-order valence-electron chi connectivity index (χ3n) is 1.52. The van der Waals surface area contributed by atoms with E-state index in [0.717, 1.165) is 0 Å². The van der Waals surface area contributed by atoms with Crippen LogP contribution in [0, 0.1) is 0 Å². The standard InChI is InChI=1S/C8H16BrNO3S/c1-8(2,9)7(11)10-5-4-6-14(3,12)13/h4-6H2,1-3H3,(H,10,11). The highest BCUT2D eigenvalue weighted by Gasteiger charge is 2.22. The molecule has 0 aromatic rings. The second-order valence-electron chi connectivity index (χ2n) is 3.71. The predicted molar refractivity (Wildman–Crippen MR) is 60.3 cm³/mol. The van der Waals surface area contributed by atoms with Crippen molar-refractivity contribution in [2.45, 2.75) is 24.6 Å². The monoisotopic (exact) mass is 285 g/mol. The van der Waals surface area contributed by atoms with Crippen molar-refractivity contribution in [1.29, 1.82) is 0 Å². The van der Waals surface area contributed by atoms with Crippen LogP contribution in [0.25, 0.3) is 0 Å². The zero-order valence-corrected chi connectivity index (χ0v) is 11.0. The molecule has 0 aromatic carbocycles. The summed E-state index contributed by atoms with van der Waals surface area (Å²) in [6.45, 7) is 3.86. The molecule has 0 rings (SSSR count). The lowest BCUT2D eigenvalue weighted by molar-refractivity contribution is -0.122. The van der Waals surface area contributed by atoms with Crippen LogP contribution >= 0.6 is 15.9 Å². The summed E-state index contributed by atoms with van der Waals surface area (Å²) < 4.78 is 20.9. The zero-order chi connectivity index (χ0) is 11.4. The third kappa shape index (κ3) is 7.32. The number of amides is 1. The summed E-state index contributed by atoms with van der Waals surface area (Å²) in [6, 6.07) is 0. The third-order valence-corrected chi connectivity index (χ3v) is 2.91. The number of rotatable bonds is 5. The van der Waals surface area contributed by atoms with E-state index in [2.05, 4.69) is 21.2 Å². The van der Waals surface area contributed by atoms with Gasteiger partial charge in [-0.3, -0.25) is 4.79 Å². The lowest BCUT2D eigenvalue weighted by Crippen LogP contribution is -2.38. The van der Waals surface area contributed by atoms with E-state index in [4.69, 9.17) is 0 Å². The van der Waals surface area contributed by atoms with Crippen molar-refractivity contribution in [3.63, 3.8) is 0 Å². The predicted octanol–water partition coefficient (Wildman–Crippen LogP) is 0.711. The van der Waals surface area contributed by atoms with Gasteiger partial charge in [0.15, 0.2) is 0 Å². The van der Waals surface area contributed by atoms with Crippen molar-refractivity contribution in [3.05, 3.63) is 0 Å². The molecule has 0 saturated carbocycles. The van der Waals surface area contributed by atoms with Gasteiger partial charge in [0.25, 0.3) is 0 Å². The molecule has 6 heteroatoms. The molecule has 0 aromatic heterocycles. The molecule has 0 fully saturated rings. The van der Waals surface area contributed by atoms with E-state index >= 15 is 0 Å². The number of hydrogen-bond donors (Lipinski definition) is 1. The van der Waals surface area contributed by atoms with Gasteiger partial charge in [-0.15, -0.1) is 0 Å². The number of hydrogen-bond acceptors (Lipinski definition) is 3. The fourth-order valence-electron chi connectivity index (χ4n) is 0.746. The van der Waals surface area contributed by atoms with Crippen LogP contribution in [0.3, 0.4) is 0 Å². The molecule has 1 amide bonds. The van der Waals surface area contributed by atoms with Gasteiger partial charge in [-0.25, -0.2) is 8.42 Å². The number of nitrogens with one attached hydrogen (secondary N) is 1. The fourth-order valence-corrected chi connectivity index (χ4v) is 1.56. The molecule has 0 radical (unpaired) electrons. The van der Waals surface area contributed by atoms with Crippen LogP contribution in [0.4, 0.5) is 0 Å². The summed E-state index contributed by atoms with van der Waals surface area (Å²) in [5, 5.41) is 2.64. The lowest BCUT2D eigenvalue weighted by atomic mass is 10.2. The maximum absolute atomic E-state index is 11.3. The molecule has 0 bridgehead atoms. The van der Waals surface area contributed by atoms with Crippen molar-refractivity contribution >= 4 is 31.7 Å². The zero-order valence-electron chi connectivity index (χ0n) is 8.63. The Morgan fingerprint density at radius 3 is 2.29 bits per heavy atom. The first kappa shape index (κ1) is 13.9. The van der Waals surface area contributed by atoms with Crippen molar-refractivity contribution in [2.24, 2.45) is 0 Å². The molecule has 0 aliphatic heterocycles. The smallest absolute Gasteiger partial charge is 0.236 e. The molecule has 1 N–H and O–H groups in total. The highest BCUT2D eigenvalue weighted by molar-refractivity contribution is 9.10. The van der Waals surface area contributed by atoms with E-state index in [1.807, 2.05) is 0 Å². The van der Waals surface area contributed by atoms with Gasteiger partial charge in [0, 0.05) is 12.8 Å². The Labute approximate surface area is 93.5 Å². The summed E-state index contributed by atoms with van der Waals surface area (Å²) in [4.78, 5) is 11.3. The number of halogens is 1. The molecule has 0 aliphatic rings. The topological polar surface area (TPSA) is 63.2 Å². The Bertz CT molecular complexity index is 292. The maximum Gasteiger partial charge on any atom is 0.236 e. The normalized spacial score (nSPS) is 12.6. The van der Waals surface area contributed by atoms with Gasteiger partial charge in [-0.1, -0.05) is 15.9 Å². The summed E-state index contributed by atoms with van der Waals surface area (Å²) in [5.74, 6) is -0.0262.